The van der Waals surface area contributed by atoms with E-state index in [0.29, 0.717) is 16.9 Å². The molecular weight excluding hydrogens is 348 g/mol. The molecule has 0 aromatic heterocycles. The van der Waals surface area contributed by atoms with Gasteiger partial charge in [0.05, 0.1) is 6.10 Å². The molecule has 27 heavy (non-hydrogen) atoms. The lowest BCUT2D eigenvalue weighted by Gasteiger charge is -2.51. The molecule has 0 bridgehead atoms. The highest BCUT2D eigenvalue weighted by Gasteiger charge is 2.54. The number of aliphatic hydroxyl groups excluding tert-OH is 3. The van der Waals surface area contributed by atoms with Crippen molar-refractivity contribution in [1.82, 2.24) is 0 Å². The molecule has 0 saturated carbocycles. The number of ether oxygens (including phenoxy) is 2. The molecule has 5 atom stereocenters. The summed E-state index contributed by atoms with van der Waals surface area (Å²) < 4.78 is 11.0. The maximum Gasteiger partial charge on any atom is 0.227 e. The van der Waals surface area contributed by atoms with Crippen LogP contribution in [0.3, 0.4) is 0 Å². The Morgan fingerprint density at radius 1 is 1.30 bits per heavy atom. The minimum atomic E-state index is -0.994. The van der Waals surface area contributed by atoms with Gasteiger partial charge in [-0.25, -0.2) is 0 Å². The first-order valence-electron chi connectivity index (χ1n) is 9.36. The van der Waals surface area contributed by atoms with E-state index in [4.69, 9.17) is 9.47 Å². The van der Waals surface area contributed by atoms with E-state index < -0.39 is 29.7 Å². The molecule has 0 aromatic carbocycles. The number of rotatable bonds is 1. The number of aliphatic hydroxyl groups is 3. The summed E-state index contributed by atoms with van der Waals surface area (Å²) in [5, 5.41) is 32.0. The predicted octanol–water partition coefficient (Wildman–Crippen LogP) is 2.44. The minimum absolute atomic E-state index is 0.0373. The fourth-order valence-corrected chi connectivity index (χ4v) is 5.25. The molecule has 3 aliphatic carbocycles. The normalized spacial score (nSPS) is 38.9. The van der Waals surface area contributed by atoms with Gasteiger partial charge in [0.15, 0.2) is 5.76 Å². The SMILES string of the molecule is CO[C@@H]1OC2=C(C[C@H]1O)C(=O)C(O)=C1C2=C[C@@H](O)[C@H]2C(C)=C(C)CC[C@]12C. The standard InChI is InChI=1S/C21H26O6/c1-9-5-6-21(3)15(10(9)2)13(22)7-11-16(21)18(25)17(24)12-8-14(23)20(26-4)27-19(11)12/h7,13-15,20,22-23,25H,5-6,8H2,1-4H3/t13-,14-,15-,20-,21+/m1/s1. The molecule has 6 heteroatoms. The molecule has 4 aliphatic rings. The second kappa shape index (κ2) is 6.06. The molecule has 6 nitrogen and oxygen atoms in total. The van der Waals surface area contributed by atoms with Gasteiger partial charge in [0.25, 0.3) is 0 Å². The Morgan fingerprint density at radius 3 is 2.67 bits per heavy atom. The lowest BCUT2D eigenvalue weighted by Crippen LogP contribution is -2.48. The molecule has 0 saturated heterocycles. The van der Waals surface area contributed by atoms with Crippen LogP contribution in [0.2, 0.25) is 0 Å². The van der Waals surface area contributed by atoms with Crippen LogP contribution in [0.15, 0.2) is 45.5 Å². The van der Waals surface area contributed by atoms with Crippen LogP contribution in [0, 0.1) is 11.3 Å². The summed E-state index contributed by atoms with van der Waals surface area (Å²) in [6.07, 6.45) is 0.637. The Kier molecular flexibility index (Phi) is 4.14. The molecule has 146 valence electrons. The van der Waals surface area contributed by atoms with Crippen molar-refractivity contribution in [3.05, 3.63) is 45.5 Å². The van der Waals surface area contributed by atoms with E-state index in [1.807, 2.05) is 13.8 Å². The van der Waals surface area contributed by atoms with Crippen molar-refractivity contribution in [2.45, 2.75) is 58.5 Å². The Labute approximate surface area is 158 Å². The van der Waals surface area contributed by atoms with Crippen LogP contribution in [-0.2, 0) is 14.3 Å². The van der Waals surface area contributed by atoms with E-state index in [1.165, 1.54) is 12.7 Å². The lowest BCUT2D eigenvalue weighted by molar-refractivity contribution is -0.167. The molecule has 0 unspecified atom stereocenters. The zero-order chi connectivity index (χ0) is 19.7. The highest BCUT2D eigenvalue weighted by molar-refractivity contribution is 6.10. The first-order valence-corrected chi connectivity index (χ1v) is 9.36. The highest BCUT2D eigenvalue weighted by atomic mass is 16.7. The Morgan fingerprint density at radius 2 is 2.00 bits per heavy atom. The fourth-order valence-electron chi connectivity index (χ4n) is 5.25. The highest BCUT2D eigenvalue weighted by Crippen LogP contribution is 2.58. The molecule has 4 rings (SSSR count). The number of hydrogen-bond donors (Lipinski definition) is 3. The number of methoxy groups -OCH3 is 1. The molecule has 3 N–H and O–H groups in total. The summed E-state index contributed by atoms with van der Waals surface area (Å²) in [6, 6.07) is 0. The number of ketones is 1. The van der Waals surface area contributed by atoms with E-state index in [-0.39, 0.29) is 23.7 Å². The van der Waals surface area contributed by atoms with Crippen LogP contribution in [0.4, 0.5) is 0 Å². The van der Waals surface area contributed by atoms with Crippen LogP contribution in [-0.4, -0.2) is 46.7 Å². The van der Waals surface area contributed by atoms with Gasteiger partial charge >= 0.3 is 0 Å². The van der Waals surface area contributed by atoms with Crippen molar-refractivity contribution >= 4 is 5.78 Å². The molecule has 1 heterocycles. The Balaban J connectivity index is 1.92. The van der Waals surface area contributed by atoms with Gasteiger partial charge in [-0.1, -0.05) is 18.1 Å². The number of carbonyl (C=O) groups excluding carboxylic acids is 1. The number of Topliss-reactive ketones (excluding diaryl/α,β-unsaturated/α-hetero) is 1. The van der Waals surface area contributed by atoms with E-state index in [2.05, 4.69) is 6.92 Å². The van der Waals surface area contributed by atoms with E-state index in [9.17, 15) is 20.1 Å². The van der Waals surface area contributed by atoms with Crippen molar-refractivity contribution in [2.75, 3.05) is 7.11 Å². The summed E-state index contributed by atoms with van der Waals surface area (Å²) in [6.45, 7) is 6.08. The zero-order valence-corrected chi connectivity index (χ0v) is 16.1. The van der Waals surface area contributed by atoms with Crippen molar-refractivity contribution < 1.29 is 29.6 Å². The number of allylic oxidation sites excluding steroid dienone is 3. The van der Waals surface area contributed by atoms with Gasteiger partial charge < -0.3 is 24.8 Å². The quantitative estimate of drug-likeness (QED) is 0.610. The van der Waals surface area contributed by atoms with E-state index in [1.54, 1.807) is 6.08 Å². The van der Waals surface area contributed by atoms with Crippen LogP contribution in [0.5, 0.6) is 0 Å². The molecule has 1 aliphatic heterocycles. The van der Waals surface area contributed by atoms with Gasteiger partial charge in [-0.2, -0.15) is 0 Å². The van der Waals surface area contributed by atoms with Gasteiger partial charge in [0, 0.05) is 41.6 Å². The Bertz CT molecular complexity index is 845. The summed E-state index contributed by atoms with van der Waals surface area (Å²) >= 11 is 0. The molecule has 0 aromatic rings. The average molecular weight is 374 g/mol. The fraction of sp³-hybridized carbons (Fsp3) is 0.571. The van der Waals surface area contributed by atoms with Gasteiger partial charge in [0.2, 0.25) is 12.1 Å². The molecule has 0 radical (unpaired) electrons. The molecule has 0 spiro atoms. The Hall–Kier alpha value is -1.89. The second-order valence-corrected chi connectivity index (χ2v) is 8.28. The zero-order valence-electron chi connectivity index (χ0n) is 16.1. The number of fused-ring (bicyclic) bond motifs is 4. The van der Waals surface area contributed by atoms with Crippen LogP contribution >= 0.6 is 0 Å². The molecule has 0 amide bonds. The predicted molar refractivity (Wildman–Crippen MR) is 97.5 cm³/mol. The van der Waals surface area contributed by atoms with E-state index >= 15 is 0 Å². The molecule has 0 fully saturated rings. The van der Waals surface area contributed by atoms with Crippen molar-refractivity contribution in [2.24, 2.45) is 11.3 Å². The smallest absolute Gasteiger partial charge is 0.227 e. The van der Waals surface area contributed by atoms with Crippen LogP contribution in [0.1, 0.15) is 40.0 Å². The summed E-state index contributed by atoms with van der Waals surface area (Å²) in [5.74, 6) is -0.688. The van der Waals surface area contributed by atoms with E-state index in [0.717, 1.165) is 18.4 Å². The van der Waals surface area contributed by atoms with Gasteiger partial charge in [-0.3, -0.25) is 4.79 Å². The first kappa shape index (κ1) is 18.5. The minimum Gasteiger partial charge on any atom is -0.504 e. The third kappa shape index (κ3) is 2.40. The average Bonchev–Trinajstić information content (AvgIpc) is 2.62. The third-order valence-electron chi connectivity index (χ3n) is 6.80. The van der Waals surface area contributed by atoms with Crippen molar-refractivity contribution in [1.29, 1.82) is 0 Å². The monoisotopic (exact) mass is 374 g/mol. The summed E-state index contributed by atoms with van der Waals surface area (Å²) in [4.78, 5) is 12.9. The van der Waals surface area contributed by atoms with Gasteiger partial charge in [0.1, 0.15) is 11.9 Å². The lowest BCUT2D eigenvalue weighted by atomic mass is 9.54. The van der Waals surface area contributed by atoms with Gasteiger partial charge in [-0.05, 0) is 32.8 Å². The topological polar surface area (TPSA) is 96.2 Å². The first-order chi connectivity index (χ1) is 12.7. The van der Waals surface area contributed by atoms with Crippen molar-refractivity contribution in [3.63, 3.8) is 0 Å². The maximum absolute atomic E-state index is 12.9. The summed E-state index contributed by atoms with van der Waals surface area (Å²) in [5.41, 5.74) is 3.10. The van der Waals surface area contributed by atoms with Crippen LogP contribution in [0.25, 0.3) is 0 Å². The largest absolute Gasteiger partial charge is 0.504 e. The third-order valence-corrected chi connectivity index (χ3v) is 6.80. The maximum atomic E-state index is 12.9. The van der Waals surface area contributed by atoms with Crippen molar-refractivity contribution in [3.8, 4) is 0 Å². The number of carbonyl (C=O) groups is 1. The van der Waals surface area contributed by atoms with Gasteiger partial charge in [-0.15, -0.1) is 0 Å². The number of hydrogen-bond acceptors (Lipinski definition) is 6. The molecular formula is C21H26O6. The van der Waals surface area contributed by atoms with Crippen LogP contribution < -0.4 is 0 Å². The summed E-state index contributed by atoms with van der Waals surface area (Å²) in [7, 11) is 1.43. The second-order valence-electron chi connectivity index (χ2n) is 8.28.